The normalized spacial score (nSPS) is 28.4. The Morgan fingerprint density at radius 1 is 1.02 bits per heavy atom. The first kappa shape index (κ1) is 28.6. The number of nitrogens with zero attached hydrogens (tertiary/aromatic N) is 2. The van der Waals surface area contributed by atoms with E-state index in [2.05, 4.69) is 18.2 Å². The molecule has 9 heteroatoms. The molecule has 1 aromatic rings. The highest BCUT2D eigenvalue weighted by Crippen LogP contribution is 2.67. The lowest BCUT2D eigenvalue weighted by Gasteiger charge is -2.44. The molecule has 0 saturated carbocycles. The number of carbonyl (C=O) groups is 3. The van der Waals surface area contributed by atoms with E-state index < -0.39 is 40.9 Å². The number of fused-ring (bicyclic) bond motifs is 7. The first-order chi connectivity index (χ1) is 18.8. The van der Waals surface area contributed by atoms with Crippen LogP contribution in [0.5, 0.6) is 0 Å². The molecule has 9 nitrogen and oxygen atoms in total. The third kappa shape index (κ3) is 5.36. The molecule has 2 saturated heterocycles. The summed E-state index contributed by atoms with van der Waals surface area (Å²) in [4.78, 5) is 44.5. The lowest BCUT2D eigenvalue weighted by molar-refractivity contribution is -0.149. The summed E-state index contributed by atoms with van der Waals surface area (Å²) < 4.78 is 23.3. The predicted octanol–water partition coefficient (Wildman–Crippen LogP) is 6.27. The van der Waals surface area contributed by atoms with Crippen molar-refractivity contribution in [1.29, 1.82) is 0 Å². The van der Waals surface area contributed by atoms with Crippen molar-refractivity contribution >= 4 is 18.2 Å². The second-order valence-electron chi connectivity index (χ2n) is 13.6. The van der Waals surface area contributed by atoms with Crippen LogP contribution in [0.25, 0.3) is 0 Å². The molecular weight excluding hydrogens is 512 g/mol. The molecular formula is C31H44N2O7. The van der Waals surface area contributed by atoms with Crippen molar-refractivity contribution in [3.63, 3.8) is 0 Å². The Bertz CT molecular complexity index is 1170. The molecule has 1 spiro atoms. The number of aryl methyl sites for hydroxylation is 1. The van der Waals surface area contributed by atoms with Crippen molar-refractivity contribution in [3.05, 3.63) is 35.3 Å². The summed E-state index contributed by atoms with van der Waals surface area (Å²) in [7, 11) is 0. The number of ether oxygens (including phenoxy) is 3. The van der Waals surface area contributed by atoms with Crippen LogP contribution < -0.4 is 0 Å². The molecule has 1 aliphatic carbocycles. The van der Waals surface area contributed by atoms with E-state index in [4.69, 9.17) is 18.6 Å². The first-order valence-corrected chi connectivity index (χ1v) is 14.7. The highest BCUT2D eigenvalue weighted by atomic mass is 16.7. The lowest BCUT2D eigenvalue weighted by atomic mass is 9.67. The van der Waals surface area contributed by atoms with Crippen LogP contribution in [-0.2, 0) is 25.4 Å². The molecule has 5 heterocycles. The Kier molecular flexibility index (Phi) is 7.46. The molecule has 4 atom stereocenters. The van der Waals surface area contributed by atoms with Gasteiger partial charge in [-0.25, -0.2) is 9.59 Å². The fourth-order valence-corrected chi connectivity index (χ4v) is 6.95. The molecule has 4 aliphatic heterocycles. The number of carbonyl (C=O) groups excluding carboxylic acids is 3. The van der Waals surface area contributed by atoms with E-state index in [1.807, 2.05) is 25.7 Å². The zero-order valence-electron chi connectivity index (χ0n) is 24.8. The van der Waals surface area contributed by atoms with Gasteiger partial charge in [0.1, 0.15) is 35.4 Å². The molecule has 4 unspecified atom stereocenters. The molecule has 40 heavy (non-hydrogen) atoms. The number of likely N-dealkylation sites (tertiary alicyclic amines) is 1. The van der Waals surface area contributed by atoms with Gasteiger partial charge in [-0.05, 0) is 86.1 Å². The van der Waals surface area contributed by atoms with Crippen LogP contribution in [0, 0.1) is 5.41 Å². The number of furan rings is 1. The molecule has 2 fully saturated rings. The average Bonchev–Trinajstić information content (AvgIpc) is 3.45. The molecule has 0 aromatic carbocycles. The SMILES string of the molecule is CC(C)(C)OC(=O)OCC1CC23C(=O)N4CCCCC=CCCc5cc(c(o5)C2N1C(=O)OC(C)(C)C)C3CC4. The maximum absolute atomic E-state index is 14.5. The van der Waals surface area contributed by atoms with Crippen molar-refractivity contribution in [3.8, 4) is 0 Å². The van der Waals surface area contributed by atoms with Crippen LogP contribution >= 0.6 is 0 Å². The zero-order chi connectivity index (χ0) is 28.9. The Balaban J connectivity index is 1.56. The maximum Gasteiger partial charge on any atom is 0.508 e. The number of piperidine rings is 1. The fraction of sp³-hybridized carbons (Fsp3) is 0.710. The second kappa shape index (κ2) is 10.5. The quantitative estimate of drug-likeness (QED) is 0.313. The molecule has 6 rings (SSSR count). The van der Waals surface area contributed by atoms with E-state index in [-0.39, 0.29) is 18.4 Å². The van der Waals surface area contributed by atoms with Crippen LogP contribution in [0.4, 0.5) is 9.59 Å². The van der Waals surface area contributed by atoms with Crippen molar-refractivity contribution in [2.24, 2.45) is 5.41 Å². The summed E-state index contributed by atoms with van der Waals surface area (Å²) in [5.41, 5.74) is -1.31. The van der Waals surface area contributed by atoms with Gasteiger partial charge in [0.25, 0.3) is 0 Å². The maximum atomic E-state index is 14.5. The molecule has 1 aromatic heterocycles. The minimum absolute atomic E-state index is 0.0560. The topological polar surface area (TPSA) is 98.5 Å². The first-order valence-electron chi connectivity index (χ1n) is 14.7. The van der Waals surface area contributed by atoms with E-state index in [9.17, 15) is 14.4 Å². The Hall–Kier alpha value is -2.97. The standard InChI is InChI=1S/C31H44N2O7/c1-29(2,3)39-27(35)33-20(19-37-28(36)40-30(4,5)6)18-31-23-14-16-32(26(31)34)15-12-10-8-7-9-11-13-21-17-22(23)24(38-21)25(31)33/h7,9,17,20,23,25H,8,10-16,18-19H2,1-6H3. The molecule has 5 aliphatic rings. The van der Waals surface area contributed by atoms with Gasteiger partial charge >= 0.3 is 12.2 Å². The van der Waals surface area contributed by atoms with Gasteiger partial charge in [-0.3, -0.25) is 9.69 Å². The Morgan fingerprint density at radius 2 is 1.75 bits per heavy atom. The second-order valence-corrected chi connectivity index (χ2v) is 13.6. The van der Waals surface area contributed by atoms with E-state index in [1.54, 1.807) is 25.7 Å². The van der Waals surface area contributed by atoms with E-state index in [1.165, 1.54) is 0 Å². The van der Waals surface area contributed by atoms with Crippen LogP contribution in [0.15, 0.2) is 22.6 Å². The van der Waals surface area contributed by atoms with Gasteiger partial charge in [0.05, 0.1) is 11.5 Å². The van der Waals surface area contributed by atoms with Gasteiger partial charge in [-0.15, -0.1) is 0 Å². The molecule has 6 bridgehead atoms. The van der Waals surface area contributed by atoms with Gasteiger partial charge in [-0.2, -0.15) is 0 Å². The monoisotopic (exact) mass is 556 g/mol. The number of hydrogen-bond acceptors (Lipinski definition) is 7. The summed E-state index contributed by atoms with van der Waals surface area (Å²) in [6, 6.07) is 0.914. The van der Waals surface area contributed by atoms with Crippen molar-refractivity contribution in [2.45, 2.75) is 116 Å². The van der Waals surface area contributed by atoms with Crippen LogP contribution in [0.2, 0.25) is 0 Å². The summed E-state index contributed by atoms with van der Waals surface area (Å²) >= 11 is 0. The predicted molar refractivity (Wildman–Crippen MR) is 148 cm³/mol. The number of amides is 2. The van der Waals surface area contributed by atoms with Crippen molar-refractivity contribution in [1.82, 2.24) is 9.80 Å². The van der Waals surface area contributed by atoms with Gasteiger partial charge in [0.2, 0.25) is 5.91 Å². The number of rotatable bonds is 2. The van der Waals surface area contributed by atoms with E-state index >= 15 is 0 Å². The van der Waals surface area contributed by atoms with Crippen molar-refractivity contribution < 1.29 is 33.0 Å². The zero-order valence-corrected chi connectivity index (χ0v) is 24.8. The number of hydrogen-bond donors (Lipinski definition) is 0. The minimum atomic E-state index is -0.887. The lowest BCUT2D eigenvalue weighted by Crippen LogP contribution is -2.53. The van der Waals surface area contributed by atoms with E-state index in [0.29, 0.717) is 25.3 Å². The third-order valence-corrected chi connectivity index (χ3v) is 8.35. The van der Waals surface area contributed by atoms with E-state index in [0.717, 1.165) is 49.8 Å². The number of allylic oxidation sites excluding steroid dienone is 2. The summed E-state index contributed by atoms with van der Waals surface area (Å²) in [5.74, 6) is 1.52. The van der Waals surface area contributed by atoms with Crippen LogP contribution in [0.1, 0.15) is 109 Å². The summed E-state index contributed by atoms with van der Waals surface area (Å²) in [6.45, 7) is 12.0. The Morgan fingerprint density at radius 3 is 2.48 bits per heavy atom. The van der Waals surface area contributed by atoms with Gasteiger partial charge < -0.3 is 23.5 Å². The van der Waals surface area contributed by atoms with Crippen LogP contribution in [-0.4, -0.2) is 64.9 Å². The summed E-state index contributed by atoms with van der Waals surface area (Å²) in [5, 5.41) is 0. The van der Waals surface area contributed by atoms with Crippen LogP contribution in [0.3, 0.4) is 0 Å². The van der Waals surface area contributed by atoms with Gasteiger partial charge in [0, 0.05) is 31.0 Å². The van der Waals surface area contributed by atoms with Gasteiger partial charge in [0.15, 0.2) is 0 Å². The highest BCUT2D eigenvalue weighted by molar-refractivity contribution is 5.89. The van der Waals surface area contributed by atoms with Gasteiger partial charge in [-0.1, -0.05) is 12.2 Å². The molecule has 2 amide bonds. The largest absolute Gasteiger partial charge is 0.508 e. The average molecular weight is 557 g/mol. The van der Waals surface area contributed by atoms with Crippen molar-refractivity contribution in [2.75, 3.05) is 19.7 Å². The third-order valence-electron chi connectivity index (χ3n) is 8.35. The molecule has 220 valence electrons. The molecule has 0 N–H and O–H groups in total. The minimum Gasteiger partial charge on any atom is -0.464 e. The summed E-state index contributed by atoms with van der Waals surface area (Å²) in [6.07, 6.45) is 8.80. The smallest absolute Gasteiger partial charge is 0.464 e. The fourth-order valence-electron chi connectivity index (χ4n) is 6.95. The highest BCUT2D eigenvalue weighted by Gasteiger charge is 2.70. The Labute approximate surface area is 237 Å². The molecule has 0 radical (unpaired) electrons.